The van der Waals surface area contributed by atoms with Crippen LogP contribution in [0.4, 0.5) is 0 Å². The Labute approximate surface area is 187 Å². The molecular weight excluding hydrogens is 442 g/mol. The number of nitrogens with zero attached hydrogens (tertiary/aromatic N) is 1. The van der Waals surface area contributed by atoms with E-state index in [2.05, 4.69) is 0 Å². The molecule has 2 aliphatic heterocycles. The normalized spacial score (nSPS) is 21.9. The van der Waals surface area contributed by atoms with Gasteiger partial charge in [-0.2, -0.15) is 0 Å². The van der Waals surface area contributed by atoms with Gasteiger partial charge in [0.15, 0.2) is 10.8 Å². The minimum absolute atomic E-state index is 0.0974. The van der Waals surface area contributed by atoms with E-state index < -0.39 is 40.1 Å². The molecule has 0 aromatic heterocycles. The topological polar surface area (TPSA) is 110 Å². The van der Waals surface area contributed by atoms with Gasteiger partial charge in [0.2, 0.25) is 5.91 Å². The Morgan fingerprint density at radius 2 is 1.94 bits per heavy atom. The predicted octanol–water partition coefficient (Wildman–Crippen LogP) is 3.10. The average Bonchev–Trinajstić information content (AvgIpc) is 3.02. The van der Waals surface area contributed by atoms with Gasteiger partial charge in [-0.05, 0) is 37.6 Å². The Kier molecular flexibility index (Phi) is 7.42. The monoisotopic (exact) mass is 467 g/mol. The van der Waals surface area contributed by atoms with Crippen LogP contribution < -0.4 is 4.74 Å². The van der Waals surface area contributed by atoms with Gasteiger partial charge in [-0.3, -0.25) is 18.7 Å². The molecule has 2 aliphatic rings. The second-order valence-corrected chi connectivity index (χ2v) is 9.83. The molecule has 10 heteroatoms. The zero-order chi connectivity index (χ0) is 22.7. The molecule has 3 rings (SSSR count). The number of β-lactam (4-membered cyclic amide) rings is 1. The molecule has 31 heavy (non-hydrogen) atoms. The Balaban J connectivity index is 1.69. The molecule has 2 heterocycles. The van der Waals surface area contributed by atoms with Crippen LogP contribution in [-0.2, 0) is 29.9 Å². The third-order valence-corrected chi connectivity index (χ3v) is 7.29. The molecule has 4 atom stereocenters. The molecule has 1 unspecified atom stereocenters. The standard InChI is InChI=1S/C21H25NO7S2/c1-4-5-6-7-15(23)28-12(2)16-18(24)22-17(20(25)26)21(30-19(16)22)29-13-8-10-14(11-9-13)31(3)27/h8-12,16,19H,4-7H2,1-3H3,(H,25,26)/t12-,16+,19-,31?/m1/s1. The Hall–Kier alpha value is -2.33. The number of benzene rings is 1. The lowest BCUT2D eigenvalue weighted by molar-refractivity contribution is -0.166. The Morgan fingerprint density at radius 1 is 1.26 bits per heavy atom. The number of carbonyl (C=O) groups is 3. The molecule has 0 aliphatic carbocycles. The van der Waals surface area contributed by atoms with Crippen LogP contribution in [0.1, 0.15) is 39.5 Å². The SMILES string of the molecule is CCCCCC(=O)O[C@H](C)[C@H]1C(=O)N2C(C(=O)O)=C(Oc3ccc(S(C)=O)cc3)S[C@H]12. The lowest BCUT2D eigenvalue weighted by Crippen LogP contribution is -2.61. The first kappa shape index (κ1) is 23.3. The highest BCUT2D eigenvalue weighted by Crippen LogP contribution is 2.51. The number of rotatable bonds is 10. The van der Waals surface area contributed by atoms with Crippen molar-refractivity contribution in [3.05, 3.63) is 35.1 Å². The molecule has 0 bridgehead atoms. The predicted molar refractivity (Wildman–Crippen MR) is 115 cm³/mol. The van der Waals surface area contributed by atoms with Crippen molar-refractivity contribution in [3.63, 3.8) is 0 Å². The van der Waals surface area contributed by atoms with Gasteiger partial charge in [-0.15, -0.1) is 0 Å². The van der Waals surface area contributed by atoms with E-state index in [1.165, 1.54) is 4.90 Å². The number of esters is 1. The molecule has 0 spiro atoms. The lowest BCUT2D eigenvalue weighted by atomic mass is 9.92. The molecule has 1 amide bonds. The Bertz CT molecular complexity index is 928. The van der Waals surface area contributed by atoms with Crippen LogP contribution in [-0.4, -0.2) is 49.8 Å². The van der Waals surface area contributed by atoms with E-state index in [0.29, 0.717) is 17.1 Å². The van der Waals surface area contributed by atoms with E-state index in [9.17, 15) is 23.7 Å². The maximum absolute atomic E-state index is 12.7. The van der Waals surface area contributed by atoms with Crippen LogP contribution in [0.15, 0.2) is 39.9 Å². The summed E-state index contributed by atoms with van der Waals surface area (Å²) in [6.45, 7) is 3.69. The molecule has 0 radical (unpaired) electrons. The lowest BCUT2D eigenvalue weighted by Gasteiger charge is -2.43. The zero-order valence-corrected chi connectivity index (χ0v) is 19.2. The minimum atomic E-state index is -1.27. The number of amides is 1. The first-order chi connectivity index (χ1) is 14.7. The summed E-state index contributed by atoms with van der Waals surface area (Å²) in [4.78, 5) is 38.3. The molecular formula is C21H25NO7S2. The highest BCUT2D eigenvalue weighted by molar-refractivity contribution is 8.03. The van der Waals surface area contributed by atoms with Gasteiger partial charge in [0.25, 0.3) is 0 Å². The van der Waals surface area contributed by atoms with Crippen molar-refractivity contribution in [1.29, 1.82) is 0 Å². The molecule has 168 valence electrons. The highest BCUT2D eigenvalue weighted by atomic mass is 32.2. The maximum atomic E-state index is 12.7. The van der Waals surface area contributed by atoms with Crippen molar-refractivity contribution >= 4 is 40.4 Å². The second kappa shape index (κ2) is 9.86. The fourth-order valence-electron chi connectivity index (χ4n) is 3.47. The van der Waals surface area contributed by atoms with Crippen LogP contribution in [0.5, 0.6) is 5.75 Å². The maximum Gasteiger partial charge on any atom is 0.357 e. The number of aliphatic carboxylic acids is 1. The molecule has 1 saturated heterocycles. The number of fused-ring (bicyclic) bond motifs is 1. The van der Waals surface area contributed by atoms with Crippen LogP contribution in [0.25, 0.3) is 0 Å². The summed E-state index contributed by atoms with van der Waals surface area (Å²) in [5.74, 6) is -2.30. The minimum Gasteiger partial charge on any atom is -0.476 e. The van der Waals surface area contributed by atoms with E-state index in [1.54, 1.807) is 37.4 Å². The molecule has 1 aromatic rings. The van der Waals surface area contributed by atoms with Gasteiger partial charge in [-0.1, -0.05) is 31.5 Å². The van der Waals surface area contributed by atoms with Gasteiger partial charge >= 0.3 is 11.9 Å². The van der Waals surface area contributed by atoms with Crippen molar-refractivity contribution < 1.29 is 33.2 Å². The molecule has 1 fully saturated rings. The van der Waals surface area contributed by atoms with Crippen molar-refractivity contribution in [2.75, 3.05) is 6.26 Å². The van der Waals surface area contributed by atoms with Gasteiger partial charge in [0.05, 0.1) is 0 Å². The average molecular weight is 468 g/mol. The first-order valence-electron chi connectivity index (χ1n) is 10.0. The van der Waals surface area contributed by atoms with Crippen molar-refractivity contribution in [3.8, 4) is 5.75 Å². The fourth-order valence-corrected chi connectivity index (χ4v) is 5.45. The van der Waals surface area contributed by atoms with Crippen LogP contribution in [0.3, 0.4) is 0 Å². The number of carboxylic acid groups (broad SMARTS) is 1. The number of thioether (sulfide) groups is 1. The van der Waals surface area contributed by atoms with Gasteiger partial charge in [0.1, 0.15) is 23.1 Å². The summed E-state index contributed by atoms with van der Waals surface area (Å²) in [5.41, 5.74) is -0.221. The number of hydrogen-bond donors (Lipinski definition) is 1. The number of carboxylic acids is 1. The summed E-state index contributed by atoms with van der Waals surface area (Å²) < 4.78 is 22.7. The molecule has 1 aromatic carbocycles. The van der Waals surface area contributed by atoms with Gasteiger partial charge in [-0.25, -0.2) is 4.79 Å². The van der Waals surface area contributed by atoms with E-state index in [-0.39, 0.29) is 16.8 Å². The van der Waals surface area contributed by atoms with Crippen LogP contribution in [0, 0.1) is 5.92 Å². The largest absolute Gasteiger partial charge is 0.476 e. The zero-order valence-electron chi connectivity index (χ0n) is 17.5. The Morgan fingerprint density at radius 3 is 2.52 bits per heavy atom. The quantitative estimate of drug-likeness (QED) is 0.318. The number of carbonyl (C=O) groups excluding carboxylic acids is 2. The van der Waals surface area contributed by atoms with E-state index in [0.717, 1.165) is 31.0 Å². The first-order valence-corrected chi connectivity index (χ1v) is 12.5. The van der Waals surface area contributed by atoms with Crippen LogP contribution >= 0.6 is 11.8 Å². The highest BCUT2D eigenvalue weighted by Gasteiger charge is 2.59. The number of hydrogen-bond acceptors (Lipinski definition) is 7. The second-order valence-electron chi connectivity index (χ2n) is 7.36. The van der Waals surface area contributed by atoms with E-state index in [4.69, 9.17) is 9.47 Å². The summed E-state index contributed by atoms with van der Waals surface area (Å²) in [6.07, 6.45) is 3.85. The summed E-state index contributed by atoms with van der Waals surface area (Å²) in [5, 5.41) is 9.23. The van der Waals surface area contributed by atoms with Crippen molar-refractivity contribution in [2.24, 2.45) is 5.92 Å². The smallest absolute Gasteiger partial charge is 0.357 e. The van der Waals surface area contributed by atoms with Gasteiger partial charge < -0.3 is 14.6 Å². The summed E-state index contributed by atoms with van der Waals surface area (Å²) in [7, 11) is -1.14. The van der Waals surface area contributed by atoms with Gasteiger partial charge in [0, 0.05) is 28.4 Å². The third-order valence-electron chi connectivity index (χ3n) is 5.12. The summed E-state index contributed by atoms with van der Waals surface area (Å²) >= 11 is 1.12. The third kappa shape index (κ3) is 4.95. The molecule has 0 saturated carbocycles. The van der Waals surface area contributed by atoms with Crippen LogP contribution in [0.2, 0.25) is 0 Å². The fraction of sp³-hybridized carbons (Fsp3) is 0.476. The van der Waals surface area contributed by atoms with E-state index in [1.807, 2.05) is 6.92 Å². The van der Waals surface area contributed by atoms with E-state index >= 15 is 0 Å². The molecule has 1 N–H and O–H groups in total. The summed E-state index contributed by atoms with van der Waals surface area (Å²) in [6, 6.07) is 6.46. The number of ether oxygens (including phenoxy) is 2. The molecule has 8 nitrogen and oxygen atoms in total. The van der Waals surface area contributed by atoms with Crippen molar-refractivity contribution in [2.45, 2.75) is 55.9 Å². The van der Waals surface area contributed by atoms with Crippen molar-refractivity contribution in [1.82, 2.24) is 4.90 Å². The number of unbranched alkanes of at least 4 members (excludes halogenated alkanes) is 2.